The number of fused-ring (bicyclic) bond motifs is 6. The third-order valence-electron chi connectivity index (χ3n) is 18.1. The standard InChI is InChI=1S/C25H19F2N5O.C25H34N4O4.C10H19NO/c1-2-16-19(26)9-6-13-4-3-5-17(20(13)16)22-21(27)23-18(10-28-22)24(31-25(33)30-23)32-11-14-7-8-15(12-32)29-14;1-26-23(32)8-6-20(16-30)29-21-7-5-18(13-22(21)27(2)24(29)33)3-4-19-14-25(15-19)9-11-28(17-31)12-10-25;1-10-5-3-7-11(10)9(4-6-10)8-12-2/h1,3-6,9-10,14-15,29H,7-8,11-12H2,(H,30,31,33);5,7,13,16-17,19-20H,3-4,6,8-12,14-15H2,1-2H3,(H,26,32);9H,3-8H2,1-2H3/t;;9?,10-/m..0/s1. The number of ether oxygens (including phenoxy) is 1. The summed E-state index contributed by atoms with van der Waals surface area (Å²) in [5.74, 6) is 2.11. The number of nitrogens with one attached hydrogen (secondary N) is 3. The molecule has 6 aliphatic rings. The van der Waals surface area contributed by atoms with Crippen LogP contribution >= 0.6 is 0 Å². The Kier molecular flexibility index (Phi) is 16.0. The number of pyridine rings is 1. The molecule has 4 unspecified atom stereocenters. The Balaban J connectivity index is 0.000000146. The lowest BCUT2D eigenvalue weighted by molar-refractivity contribution is -0.122. The number of halogens is 2. The van der Waals surface area contributed by atoms with Crippen molar-refractivity contribution in [3.05, 3.63) is 98.5 Å². The fourth-order valence-corrected chi connectivity index (χ4v) is 13.9. The van der Waals surface area contributed by atoms with E-state index in [0.29, 0.717) is 69.7 Å². The number of H-pyrrole nitrogens is 1. The molecule has 3 aromatic carbocycles. The van der Waals surface area contributed by atoms with Crippen molar-refractivity contribution in [3.63, 3.8) is 0 Å². The van der Waals surface area contributed by atoms with Gasteiger partial charge in [-0.1, -0.05) is 36.3 Å². The van der Waals surface area contributed by atoms with Crippen molar-refractivity contribution in [2.24, 2.45) is 18.4 Å². The first kappa shape index (κ1) is 54.5. The average Bonchev–Trinajstić information content (AvgIpc) is 4.27. The molecule has 18 heteroatoms. The van der Waals surface area contributed by atoms with E-state index in [0.717, 1.165) is 87.9 Å². The van der Waals surface area contributed by atoms with Crippen molar-refractivity contribution in [1.82, 2.24) is 44.5 Å². The Hall–Kier alpha value is -6.81. The van der Waals surface area contributed by atoms with Crippen LogP contribution in [0.3, 0.4) is 0 Å². The van der Waals surface area contributed by atoms with E-state index < -0.39 is 23.4 Å². The molecule has 78 heavy (non-hydrogen) atoms. The first-order chi connectivity index (χ1) is 37.7. The number of aldehydes is 1. The van der Waals surface area contributed by atoms with E-state index in [2.05, 4.69) is 55.5 Å². The highest BCUT2D eigenvalue weighted by Gasteiger charge is 2.46. The summed E-state index contributed by atoms with van der Waals surface area (Å²) in [7, 11) is 5.10. The van der Waals surface area contributed by atoms with Gasteiger partial charge in [0.2, 0.25) is 12.3 Å². The number of nitrogens with zero attached hydrogens (tertiary/aromatic N) is 7. The summed E-state index contributed by atoms with van der Waals surface area (Å²) in [6.45, 7) is 7.81. The molecular weight excluding hydrogens is 995 g/mol. The zero-order valence-electron chi connectivity index (χ0n) is 45.3. The number of piperidine rings is 1. The second-order valence-corrected chi connectivity index (χ2v) is 22.9. The summed E-state index contributed by atoms with van der Waals surface area (Å²) in [4.78, 5) is 77.3. The maximum absolute atomic E-state index is 15.9. The quantitative estimate of drug-likeness (QED) is 0.0789. The molecule has 2 bridgehead atoms. The largest absolute Gasteiger partial charge is 0.383 e. The van der Waals surface area contributed by atoms with Crippen molar-refractivity contribution in [1.29, 1.82) is 0 Å². The third-order valence-corrected chi connectivity index (χ3v) is 18.1. The number of methoxy groups -OCH3 is 1. The Labute approximate surface area is 453 Å². The average molecular weight is 1070 g/mol. The second-order valence-electron chi connectivity index (χ2n) is 22.9. The van der Waals surface area contributed by atoms with Gasteiger partial charge in [0.25, 0.3) is 0 Å². The predicted octanol–water partition coefficient (Wildman–Crippen LogP) is 7.18. The van der Waals surface area contributed by atoms with Gasteiger partial charge in [-0.2, -0.15) is 4.98 Å². The molecule has 412 valence electrons. The Morgan fingerprint density at radius 2 is 1.77 bits per heavy atom. The summed E-state index contributed by atoms with van der Waals surface area (Å²) >= 11 is 0. The van der Waals surface area contributed by atoms with Crippen molar-refractivity contribution >= 4 is 57.1 Å². The minimum absolute atomic E-state index is 0.0108. The fourth-order valence-electron chi connectivity index (χ4n) is 13.9. The van der Waals surface area contributed by atoms with Gasteiger partial charge in [-0.05, 0) is 137 Å². The van der Waals surface area contributed by atoms with Crippen molar-refractivity contribution < 1.29 is 27.9 Å². The Morgan fingerprint density at radius 1 is 1.00 bits per heavy atom. The van der Waals surface area contributed by atoms with Crippen LogP contribution in [0.5, 0.6) is 0 Å². The molecule has 3 aromatic heterocycles. The second kappa shape index (κ2) is 22.9. The number of hydrogen-bond donors (Lipinski definition) is 3. The zero-order chi connectivity index (χ0) is 54.9. The molecule has 5 aliphatic heterocycles. The van der Waals surface area contributed by atoms with Crippen molar-refractivity contribution in [2.45, 2.75) is 127 Å². The molecule has 1 aliphatic carbocycles. The van der Waals surface area contributed by atoms with Crippen LogP contribution in [-0.4, -0.2) is 130 Å². The molecule has 5 saturated heterocycles. The van der Waals surface area contributed by atoms with Crippen molar-refractivity contribution in [3.8, 4) is 23.6 Å². The minimum atomic E-state index is -0.703. The Morgan fingerprint density at radius 3 is 2.47 bits per heavy atom. The number of carbonyl (C=O) groups excluding carboxylic acids is 3. The number of benzene rings is 3. The molecular formula is C60H72F2N10O6. The molecule has 6 aromatic rings. The van der Waals surface area contributed by atoms with Crippen LogP contribution in [0, 0.1) is 35.3 Å². The number of terminal acetylenes is 1. The van der Waals surface area contributed by atoms with Gasteiger partial charge in [0.05, 0.1) is 40.1 Å². The number of rotatable bonds is 13. The van der Waals surface area contributed by atoms with Gasteiger partial charge in [0.1, 0.15) is 23.6 Å². The van der Waals surface area contributed by atoms with E-state index in [4.69, 9.17) is 11.2 Å². The van der Waals surface area contributed by atoms with Crippen molar-refractivity contribution in [2.75, 3.05) is 58.4 Å². The van der Waals surface area contributed by atoms with Gasteiger partial charge < -0.3 is 34.9 Å². The minimum Gasteiger partial charge on any atom is -0.383 e. The SMILES string of the molecule is C#Cc1c(F)ccc2cccc(-c3ncc4c(N5CC6CCC(C5)N6)nc(=O)[nH]c4c3F)c12.CNC(=O)CCC(C=O)n1c(=O)n(C)c2cc(CCC3CC4(CCN(C=O)CC4)C3)ccc21.COCC1CC[C@]2(C)CCCN12. The number of aromatic nitrogens is 5. The molecule has 6 fully saturated rings. The zero-order valence-corrected chi connectivity index (χ0v) is 45.3. The molecule has 8 heterocycles. The van der Waals surface area contributed by atoms with Crippen LogP contribution in [0.15, 0.2) is 64.3 Å². The molecule has 2 amide bonds. The van der Waals surface area contributed by atoms with Crippen LogP contribution in [0.2, 0.25) is 0 Å². The third kappa shape index (κ3) is 10.7. The summed E-state index contributed by atoms with van der Waals surface area (Å²) in [6.07, 6.45) is 23.8. The summed E-state index contributed by atoms with van der Waals surface area (Å²) in [6, 6.07) is 14.8. The Bertz CT molecular complexity index is 3380. The van der Waals surface area contributed by atoms with E-state index in [9.17, 15) is 28.4 Å². The maximum atomic E-state index is 15.9. The molecule has 1 saturated carbocycles. The lowest BCUT2D eigenvalue weighted by Gasteiger charge is -2.52. The lowest BCUT2D eigenvalue weighted by Crippen LogP contribution is -2.51. The van der Waals surface area contributed by atoms with Crippen LogP contribution in [-0.2, 0) is 32.6 Å². The monoisotopic (exact) mass is 1070 g/mol. The van der Waals surface area contributed by atoms with E-state index in [1.54, 1.807) is 42.9 Å². The van der Waals surface area contributed by atoms with E-state index in [1.165, 1.54) is 67.5 Å². The molecule has 1 spiro atoms. The van der Waals surface area contributed by atoms with Crippen LogP contribution in [0.1, 0.15) is 108 Å². The smallest absolute Gasteiger partial charge is 0.347 e. The number of likely N-dealkylation sites (tertiary alicyclic amines) is 1. The van der Waals surface area contributed by atoms with Crippen LogP contribution < -0.4 is 26.9 Å². The molecule has 5 atom stereocenters. The van der Waals surface area contributed by atoms with Gasteiger partial charge in [0, 0.05) is 94.6 Å². The van der Waals surface area contributed by atoms with Crippen LogP contribution in [0.4, 0.5) is 14.6 Å². The van der Waals surface area contributed by atoms with E-state index in [-0.39, 0.29) is 41.2 Å². The number of carbonyl (C=O) groups is 3. The van der Waals surface area contributed by atoms with E-state index in [1.807, 2.05) is 23.0 Å². The highest BCUT2D eigenvalue weighted by molar-refractivity contribution is 6.02. The first-order valence-electron chi connectivity index (χ1n) is 27.8. The number of aryl methyl sites for hydroxylation is 2. The number of anilines is 1. The van der Waals surface area contributed by atoms with Gasteiger partial charge in [0.15, 0.2) is 5.82 Å². The highest BCUT2D eigenvalue weighted by atomic mass is 19.1. The predicted molar refractivity (Wildman–Crippen MR) is 298 cm³/mol. The number of amides is 2. The number of imidazole rings is 1. The topological polar surface area (TPSA) is 180 Å². The normalized spacial score (nSPS) is 22.8. The summed E-state index contributed by atoms with van der Waals surface area (Å²) < 4.78 is 38.6. The molecule has 0 radical (unpaired) electrons. The van der Waals surface area contributed by atoms with Crippen LogP contribution in [0.25, 0.3) is 44.0 Å². The number of aromatic amines is 1. The molecule has 12 rings (SSSR count). The number of hydrogen-bond acceptors (Lipinski definition) is 11. The molecule has 16 nitrogen and oxygen atoms in total. The van der Waals surface area contributed by atoms with E-state index >= 15 is 4.39 Å². The fraction of sp³-hybridized carbons (Fsp3) is 0.517. The van der Waals surface area contributed by atoms with Gasteiger partial charge in [-0.25, -0.2) is 18.4 Å². The highest BCUT2D eigenvalue weighted by Crippen LogP contribution is 2.54. The first-order valence-corrected chi connectivity index (χ1v) is 27.8. The van der Waals surface area contributed by atoms with Gasteiger partial charge >= 0.3 is 11.4 Å². The maximum Gasteiger partial charge on any atom is 0.347 e. The lowest BCUT2D eigenvalue weighted by atomic mass is 9.56. The summed E-state index contributed by atoms with van der Waals surface area (Å²) in [5, 5.41) is 7.59. The number of piperazine rings is 1. The van der Waals surface area contributed by atoms with Gasteiger partial charge in [-0.3, -0.25) is 28.6 Å². The summed E-state index contributed by atoms with van der Waals surface area (Å²) in [5.41, 5.74) is 3.27. The van der Waals surface area contributed by atoms with Gasteiger partial charge in [-0.15, -0.1) is 6.42 Å². The molecule has 3 N–H and O–H groups in total.